The van der Waals surface area contributed by atoms with Crippen molar-refractivity contribution in [1.82, 2.24) is 5.32 Å². The highest BCUT2D eigenvalue weighted by Gasteiger charge is 2.14. The fourth-order valence-electron chi connectivity index (χ4n) is 2.07. The lowest BCUT2D eigenvalue weighted by atomic mass is 10.1. The lowest BCUT2D eigenvalue weighted by Gasteiger charge is -2.12. The smallest absolute Gasteiger partial charge is 0.135 e. The summed E-state index contributed by atoms with van der Waals surface area (Å²) in [5.41, 5.74) is 0.919. The van der Waals surface area contributed by atoms with Gasteiger partial charge in [0.05, 0.1) is 11.1 Å². The Balaban J connectivity index is 2.29. The molecule has 0 radical (unpaired) electrons. The molecule has 102 valence electrons. The SMILES string of the molecule is CCNC(CC)c1ccc(-c2ccc(Br)cc2Cl)o1. The molecular weight excluding hydrogens is 326 g/mol. The lowest BCUT2D eigenvalue weighted by Crippen LogP contribution is -2.19. The summed E-state index contributed by atoms with van der Waals surface area (Å²) in [5, 5.41) is 4.09. The number of hydrogen-bond acceptors (Lipinski definition) is 2. The molecule has 0 saturated carbocycles. The minimum absolute atomic E-state index is 0.257. The molecule has 2 nitrogen and oxygen atoms in total. The van der Waals surface area contributed by atoms with Crippen LogP contribution >= 0.6 is 27.5 Å². The van der Waals surface area contributed by atoms with Crippen molar-refractivity contribution in [3.8, 4) is 11.3 Å². The summed E-state index contributed by atoms with van der Waals surface area (Å²) in [6.07, 6.45) is 0.995. The molecular formula is C15H17BrClNO. The van der Waals surface area contributed by atoms with Crippen molar-refractivity contribution in [1.29, 1.82) is 0 Å². The zero-order valence-electron chi connectivity index (χ0n) is 11.0. The Morgan fingerprint density at radius 1 is 1.26 bits per heavy atom. The van der Waals surface area contributed by atoms with Crippen molar-refractivity contribution in [3.63, 3.8) is 0 Å². The highest BCUT2D eigenvalue weighted by atomic mass is 79.9. The van der Waals surface area contributed by atoms with Gasteiger partial charge in [-0.3, -0.25) is 0 Å². The number of nitrogens with one attached hydrogen (secondary N) is 1. The van der Waals surface area contributed by atoms with Crippen LogP contribution in [-0.2, 0) is 0 Å². The van der Waals surface area contributed by atoms with Crippen LogP contribution in [0, 0.1) is 0 Å². The monoisotopic (exact) mass is 341 g/mol. The first-order valence-electron chi connectivity index (χ1n) is 6.44. The Morgan fingerprint density at radius 2 is 2.05 bits per heavy atom. The van der Waals surface area contributed by atoms with Gasteiger partial charge in [-0.05, 0) is 43.3 Å². The number of halogens is 2. The van der Waals surface area contributed by atoms with Gasteiger partial charge < -0.3 is 9.73 Å². The summed E-state index contributed by atoms with van der Waals surface area (Å²) in [6, 6.07) is 10.1. The first kappa shape index (κ1) is 14.6. The van der Waals surface area contributed by atoms with E-state index in [9.17, 15) is 0 Å². The predicted molar refractivity (Wildman–Crippen MR) is 83.6 cm³/mol. The molecule has 0 aliphatic rings. The van der Waals surface area contributed by atoms with Gasteiger partial charge in [0.1, 0.15) is 11.5 Å². The summed E-state index contributed by atoms with van der Waals surface area (Å²) < 4.78 is 6.90. The van der Waals surface area contributed by atoms with Gasteiger partial charge in [0, 0.05) is 10.0 Å². The Hall–Kier alpha value is -0.770. The van der Waals surface area contributed by atoms with Crippen molar-refractivity contribution < 1.29 is 4.42 Å². The summed E-state index contributed by atoms with van der Waals surface area (Å²) in [7, 11) is 0. The molecule has 1 atom stereocenters. The Labute approximate surface area is 127 Å². The Kier molecular flexibility index (Phi) is 5.08. The first-order chi connectivity index (χ1) is 9.15. The largest absolute Gasteiger partial charge is 0.459 e. The standard InChI is InChI=1S/C15H17BrClNO/c1-3-13(18-4-2)15-8-7-14(19-15)11-6-5-10(16)9-12(11)17/h5-9,13,18H,3-4H2,1-2H3. The van der Waals surface area contributed by atoms with Crippen LogP contribution in [0.5, 0.6) is 0 Å². The van der Waals surface area contributed by atoms with E-state index in [1.807, 2.05) is 30.3 Å². The van der Waals surface area contributed by atoms with E-state index in [0.717, 1.165) is 34.5 Å². The normalized spacial score (nSPS) is 12.6. The van der Waals surface area contributed by atoms with Crippen LogP contribution in [0.1, 0.15) is 32.1 Å². The average Bonchev–Trinajstić information content (AvgIpc) is 2.85. The van der Waals surface area contributed by atoms with E-state index in [1.165, 1.54) is 0 Å². The van der Waals surface area contributed by atoms with E-state index < -0.39 is 0 Å². The molecule has 0 bridgehead atoms. The second-order valence-corrected chi connectivity index (χ2v) is 5.67. The molecule has 1 unspecified atom stereocenters. The molecule has 1 heterocycles. The van der Waals surface area contributed by atoms with Gasteiger partial charge in [-0.1, -0.05) is 41.4 Å². The molecule has 0 fully saturated rings. The fraction of sp³-hybridized carbons (Fsp3) is 0.333. The highest BCUT2D eigenvalue weighted by molar-refractivity contribution is 9.10. The number of rotatable bonds is 5. The number of furan rings is 1. The number of hydrogen-bond donors (Lipinski definition) is 1. The maximum Gasteiger partial charge on any atom is 0.135 e. The van der Waals surface area contributed by atoms with E-state index in [2.05, 4.69) is 35.1 Å². The molecule has 0 spiro atoms. The highest BCUT2D eigenvalue weighted by Crippen LogP contribution is 2.33. The first-order valence-corrected chi connectivity index (χ1v) is 7.61. The van der Waals surface area contributed by atoms with Crippen LogP contribution in [0.4, 0.5) is 0 Å². The topological polar surface area (TPSA) is 25.2 Å². The van der Waals surface area contributed by atoms with E-state index >= 15 is 0 Å². The summed E-state index contributed by atoms with van der Waals surface area (Å²) in [4.78, 5) is 0. The zero-order chi connectivity index (χ0) is 13.8. The predicted octanol–water partition coefficient (Wildman–Crippen LogP) is 5.42. The van der Waals surface area contributed by atoms with Gasteiger partial charge in [-0.25, -0.2) is 0 Å². The molecule has 2 rings (SSSR count). The van der Waals surface area contributed by atoms with Crippen LogP contribution in [0.3, 0.4) is 0 Å². The van der Waals surface area contributed by atoms with Crippen LogP contribution in [0.2, 0.25) is 5.02 Å². The van der Waals surface area contributed by atoms with E-state index in [1.54, 1.807) is 0 Å². The van der Waals surface area contributed by atoms with Crippen LogP contribution in [-0.4, -0.2) is 6.54 Å². The minimum Gasteiger partial charge on any atom is -0.459 e. The fourth-order valence-corrected chi connectivity index (χ4v) is 2.83. The lowest BCUT2D eigenvalue weighted by molar-refractivity contribution is 0.417. The molecule has 0 amide bonds. The Morgan fingerprint density at radius 3 is 2.68 bits per heavy atom. The third-order valence-electron chi connectivity index (χ3n) is 3.03. The average molecular weight is 343 g/mol. The van der Waals surface area contributed by atoms with Crippen molar-refractivity contribution in [3.05, 3.63) is 45.6 Å². The second-order valence-electron chi connectivity index (χ2n) is 4.34. The molecule has 1 aromatic heterocycles. The van der Waals surface area contributed by atoms with Crippen LogP contribution in [0.15, 0.2) is 39.2 Å². The molecule has 0 aliphatic heterocycles. The third kappa shape index (κ3) is 3.41. The van der Waals surface area contributed by atoms with Gasteiger partial charge in [-0.2, -0.15) is 0 Å². The van der Waals surface area contributed by atoms with Crippen molar-refractivity contribution in [2.75, 3.05) is 6.54 Å². The zero-order valence-corrected chi connectivity index (χ0v) is 13.4. The van der Waals surface area contributed by atoms with Crippen LogP contribution in [0.25, 0.3) is 11.3 Å². The molecule has 1 aromatic carbocycles. The minimum atomic E-state index is 0.257. The maximum absolute atomic E-state index is 6.24. The number of benzene rings is 1. The molecule has 0 saturated heterocycles. The van der Waals surface area contributed by atoms with Crippen LogP contribution < -0.4 is 5.32 Å². The summed E-state index contributed by atoms with van der Waals surface area (Å²) >= 11 is 9.65. The van der Waals surface area contributed by atoms with E-state index in [-0.39, 0.29) is 6.04 Å². The molecule has 0 aliphatic carbocycles. The van der Waals surface area contributed by atoms with Gasteiger partial charge in [-0.15, -0.1) is 0 Å². The van der Waals surface area contributed by atoms with E-state index in [4.69, 9.17) is 16.0 Å². The van der Waals surface area contributed by atoms with Gasteiger partial charge in [0.25, 0.3) is 0 Å². The molecule has 2 aromatic rings. The van der Waals surface area contributed by atoms with Crippen molar-refractivity contribution in [2.24, 2.45) is 0 Å². The third-order valence-corrected chi connectivity index (χ3v) is 3.83. The maximum atomic E-state index is 6.24. The molecule has 19 heavy (non-hydrogen) atoms. The van der Waals surface area contributed by atoms with E-state index in [0.29, 0.717) is 5.02 Å². The van der Waals surface area contributed by atoms with Gasteiger partial charge in [0.15, 0.2) is 0 Å². The van der Waals surface area contributed by atoms with Crippen molar-refractivity contribution >= 4 is 27.5 Å². The van der Waals surface area contributed by atoms with Gasteiger partial charge in [0.2, 0.25) is 0 Å². The quantitative estimate of drug-likeness (QED) is 0.784. The van der Waals surface area contributed by atoms with Crippen molar-refractivity contribution in [2.45, 2.75) is 26.3 Å². The molecule has 1 N–H and O–H groups in total. The second kappa shape index (κ2) is 6.60. The van der Waals surface area contributed by atoms with Gasteiger partial charge >= 0.3 is 0 Å². The molecule has 4 heteroatoms. The summed E-state index contributed by atoms with van der Waals surface area (Å²) in [6.45, 7) is 5.16. The Bertz CT molecular complexity index is 553. The summed E-state index contributed by atoms with van der Waals surface area (Å²) in [5.74, 6) is 1.77.